The lowest BCUT2D eigenvalue weighted by molar-refractivity contribution is 0.363. The molecule has 2 N–H and O–H groups in total. The summed E-state index contributed by atoms with van der Waals surface area (Å²) in [7, 11) is 1.34. The second kappa shape index (κ2) is 7.26. The lowest BCUT2D eigenvalue weighted by atomic mass is 9.84. The van der Waals surface area contributed by atoms with Crippen LogP contribution in [0.15, 0.2) is 33.3 Å². The summed E-state index contributed by atoms with van der Waals surface area (Å²) in [5.41, 5.74) is 5.79. The van der Waals surface area contributed by atoms with E-state index < -0.39 is 17.5 Å². The van der Waals surface area contributed by atoms with E-state index in [9.17, 15) is 4.39 Å². The number of halogens is 2. The number of aromatic nitrogens is 3. The van der Waals surface area contributed by atoms with Crippen LogP contribution in [0.25, 0.3) is 0 Å². The number of hydrogen-bond acceptors (Lipinski definition) is 8. The largest absolute Gasteiger partial charge is 0.479 e. The van der Waals surface area contributed by atoms with Crippen LogP contribution in [0, 0.1) is 12.7 Å². The number of rotatable bonds is 4. The van der Waals surface area contributed by atoms with Gasteiger partial charge >= 0.3 is 0 Å². The molecule has 7 nitrogen and oxygen atoms in total. The van der Waals surface area contributed by atoms with E-state index in [0.717, 1.165) is 5.03 Å². The summed E-state index contributed by atoms with van der Waals surface area (Å²) >= 11 is 7.58. The van der Waals surface area contributed by atoms with Crippen LogP contribution in [-0.2, 0) is 5.54 Å². The van der Waals surface area contributed by atoms with Gasteiger partial charge in [-0.15, -0.1) is 11.8 Å². The summed E-state index contributed by atoms with van der Waals surface area (Å²) in [5, 5.41) is 0.854. The Morgan fingerprint density at radius 3 is 2.77 bits per heavy atom. The molecule has 26 heavy (non-hydrogen) atoms. The molecule has 3 heterocycles. The first-order valence-electron chi connectivity index (χ1n) is 7.55. The van der Waals surface area contributed by atoms with Gasteiger partial charge in [0.05, 0.1) is 24.0 Å². The summed E-state index contributed by atoms with van der Waals surface area (Å²) < 4.78 is 19.2. The molecule has 0 aromatic carbocycles. The highest BCUT2D eigenvalue weighted by Crippen LogP contribution is 2.39. The van der Waals surface area contributed by atoms with Gasteiger partial charge in [0.25, 0.3) is 0 Å². The smallest absolute Gasteiger partial charge is 0.250 e. The minimum Gasteiger partial charge on any atom is -0.479 e. The molecule has 1 aliphatic heterocycles. The van der Waals surface area contributed by atoms with Gasteiger partial charge in [-0.3, -0.25) is 4.99 Å². The Morgan fingerprint density at radius 2 is 2.12 bits per heavy atom. The Morgan fingerprint density at radius 1 is 1.35 bits per heavy atom. The monoisotopic (exact) mass is 394 g/mol. The van der Waals surface area contributed by atoms with Crippen LogP contribution in [0.5, 0.6) is 5.88 Å². The number of methoxy groups -OCH3 is 1. The number of ether oxygens (including phenoxy) is 1. The van der Waals surface area contributed by atoms with Crippen molar-refractivity contribution in [3.63, 3.8) is 0 Å². The van der Waals surface area contributed by atoms with Crippen molar-refractivity contribution < 1.29 is 9.13 Å². The molecule has 2 aromatic rings. The number of aliphatic imine (C=N–C) groups is 2. The van der Waals surface area contributed by atoms with E-state index >= 15 is 0 Å². The molecule has 0 saturated heterocycles. The lowest BCUT2D eigenvalue weighted by Gasteiger charge is -2.35. The van der Waals surface area contributed by atoms with Gasteiger partial charge in [0.15, 0.2) is 11.4 Å². The fourth-order valence-electron chi connectivity index (χ4n) is 2.73. The quantitative estimate of drug-likeness (QED) is 0.631. The first-order valence-corrected chi connectivity index (χ1v) is 9.15. The second-order valence-corrected chi connectivity index (χ2v) is 6.70. The molecule has 0 amide bonds. The zero-order valence-electron chi connectivity index (χ0n) is 14.3. The number of hydrogen-bond donors (Lipinski definition) is 1. The van der Waals surface area contributed by atoms with Crippen molar-refractivity contribution in [1.82, 2.24) is 15.0 Å². The molecule has 0 fully saturated rings. The van der Waals surface area contributed by atoms with Gasteiger partial charge in [-0.1, -0.05) is 11.6 Å². The zero-order chi connectivity index (χ0) is 18.9. The van der Waals surface area contributed by atoms with E-state index in [1.807, 2.05) is 6.26 Å². The number of nitrogens with two attached hydrogens (primary N) is 1. The minimum atomic E-state index is -1.33. The molecule has 0 saturated carbocycles. The van der Waals surface area contributed by atoms with E-state index in [0.29, 0.717) is 17.1 Å². The first kappa shape index (κ1) is 18.7. The Kier molecular flexibility index (Phi) is 5.22. The van der Waals surface area contributed by atoms with E-state index in [-0.39, 0.29) is 11.1 Å². The fraction of sp³-hybridized carbons (Fsp3) is 0.312. The minimum absolute atomic E-state index is 0.129. The van der Waals surface area contributed by atoms with Gasteiger partial charge in [0.1, 0.15) is 17.2 Å². The van der Waals surface area contributed by atoms with Crippen LogP contribution in [0.1, 0.15) is 17.1 Å². The Labute approximate surface area is 159 Å². The summed E-state index contributed by atoms with van der Waals surface area (Å²) in [6, 6.07) is 3.00. The highest BCUT2D eigenvalue weighted by Gasteiger charge is 2.45. The van der Waals surface area contributed by atoms with E-state index in [1.54, 1.807) is 13.0 Å². The zero-order valence-corrected chi connectivity index (χ0v) is 15.8. The first-order chi connectivity index (χ1) is 12.4. The second-order valence-electron chi connectivity index (χ2n) is 5.48. The summed E-state index contributed by atoms with van der Waals surface area (Å²) in [4.78, 5) is 21.6. The predicted molar refractivity (Wildman–Crippen MR) is 99.8 cm³/mol. The van der Waals surface area contributed by atoms with Crippen LogP contribution in [0.3, 0.4) is 0 Å². The highest BCUT2D eigenvalue weighted by molar-refractivity contribution is 7.98. The number of thioether (sulfide) groups is 1. The van der Waals surface area contributed by atoms with Gasteiger partial charge in [0.2, 0.25) is 5.88 Å². The van der Waals surface area contributed by atoms with Gasteiger partial charge in [-0.05, 0) is 25.3 Å². The third-order valence-corrected chi connectivity index (χ3v) is 4.72. The molecule has 2 atom stereocenters. The van der Waals surface area contributed by atoms with Crippen LogP contribution in [-0.4, -0.2) is 45.9 Å². The van der Waals surface area contributed by atoms with Crippen molar-refractivity contribution >= 4 is 34.7 Å². The van der Waals surface area contributed by atoms with E-state index in [2.05, 4.69) is 24.9 Å². The topological polar surface area (TPSA) is 98.6 Å². The SMILES string of the molecule is COc1ncc(C2(c3cc(SC)nc(C)n3)N=C(Cl)C=NC2N)cc1F. The lowest BCUT2D eigenvalue weighted by Crippen LogP contribution is -2.47. The molecule has 0 bridgehead atoms. The molecule has 1 aliphatic rings. The molecule has 2 aromatic heterocycles. The van der Waals surface area contributed by atoms with Gasteiger partial charge in [-0.25, -0.2) is 24.3 Å². The molecular weight excluding hydrogens is 379 g/mol. The number of aryl methyl sites for hydroxylation is 1. The van der Waals surface area contributed by atoms with Gasteiger partial charge < -0.3 is 10.5 Å². The highest BCUT2D eigenvalue weighted by atomic mass is 35.5. The molecule has 10 heteroatoms. The molecule has 136 valence electrons. The van der Waals surface area contributed by atoms with Gasteiger partial charge in [0, 0.05) is 11.8 Å². The van der Waals surface area contributed by atoms with Crippen molar-refractivity contribution in [3.8, 4) is 5.88 Å². The molecular formula is C16H16ClFN6OS. The number of pyridine rings is 1. The summed E-state index contributed by atoms with van der Waals surface area (Å²) in [6.45, 7) is 1.76. The van der Waals surface area contributed by atoms with Crippen LogP contribution >= 0.6 is 23.4 Å². The normalized spacial score (nSPS) is 22.2. The van der Waals surface area contributed by atoms with Crippen molar-refractivity contribution in [1.29, 1.82) is 0 Å². The van der Waals surface area contributed by atoms with Crippen LogP contribution < -0.4 is 10.5 Å². The van der Waals surface area contributed by atoms with Gasteiger partial charge in [-0.2, -0.15) is 0 Å². The molecule has 0 radical (unpaired) electrons. The fourth-order valence-corrected chi connectivity index (χ4v) is 3.37. The maximum atomic E-state index is 14.4. The summed E-state index contributed by atoms with van der Waals surface area (Å²) in [6.07, 6.45) is 3.82. The van der Waals surface area contributed by atoms with E-state index in [1.165, 1.54) is 37.3 Å². The Hall–Kier alpha value is -2.10. The summed E-state index contributed by atoms with van der Waals surface area (Å²) in [5.74, 6) is -0.245. The van der Waals surface area contributed by atoms with Crippen LogP contribution in [0.4, 0.5) is 4.39 Å². The molecule has 2 unspecified atom stereocenters. The molecule has 3 rings (SSSR count). The van der Waals surface area contributed by atoms with Crippen molar-refractivity contribution in [2.24, 2.45) is 15.7 Å². The third kappa shape index (κ3) is 3.17. The van der Waals surface area contributed by atoms with Crippen molar-refractivity contribution in [2.45, 2.75) is 23.7 Å². The Bertz CT molecular complexity index is 908. The average molecular weight is 395 g/mol. The standard InChI is InChI=1S/C16H16ClFN6OS/c1-8-22-11(5-13(23-8)26-3)16(15(19)21-7-12(17)24-16)9-4-10(18)14(25-2)20-6-9/h4-7,15H,19H2,1-3H3. The third-order valence-electron chi connectivity index (χ3n) is 3.91. The predicted octanol–water partition coefficient (Wildman–Crippen LogP) is 2.30. The maximum Gasteiger partial charge on any atom is 0.250 e. The molecule has 0 spiro atoms. The van der Waals surface area contributed by atoms with E-state index in [4.69, 9.17) is 22.1 Å². The Balaban J connectivity index is 2.30. The van der Waals surface area contributed by atoms with Crippen molar-refractivity contribution in [3.05, 3.63) is 41.2 Å². The molecule has 0 aliphatic carbocycles. The van der Waals surface area contributed by atoms with Crippen molar-refractivity contribution in [2.75, 3.05) is 13.4 Å². The van der Waals surface area contributed by atoms with Crippen LogP contribution in [0.2, 0.25) is 0 Å². The average Bonchev–Trinajstić information content (AvgIpc) is 2.63. The maximum absolute atomic E-state index is 14.4. The number of nitrogens with zero attached hydrogens (tertiary/aromatic N) is 5.